The molecule has 4 aromatic rings. The van der Waals surface area contributed by atoms with Crippen LogP contribution in [0.4, 0.5) is 0 Å². The van der Waals surface area contributed by atoms with Crippen LogP contribution in [0.1, 0.15) is 35.0 Å². The summed E-state index contributed by atoms with van der Waals surface area (Å²) >= 11 is 6.82. The topological polar surface area (TPSA) is 97.5 Å². The average molecular weight is 457 g/mol. The zero-order chi connectivity index (χ0) is 20.9. The predicted octanol–water partition coefficient (Wildman–Crippen LogP) is 4.03. The molecule has 7 nitrogen and oxygen atoms in total. The van der Waals surface area contributed by atoms with Gasteiger partial charge in [-0.15, -0.1) is 0 Å². The van der Waals surface area contributed by atoms with Crippen LogP contribution in [0.25, 0.3) is 16.9 Å². The Bertz CT molecular complexity index is 1440. The number of fused-ring (bicyclic) bond motifs is 1. The Morgan fingerprint density at radius 1 is 1.17 bits per heavy atom. The highest BCUT2D eigenvalue weighted by molar-refractivity contribution is 7.88. The van der Waals surface area contributed by atoms with E-state index < -0.39 is 10.1 Å². The van der Waals surface area contributed by atoms with E-state index in [-0.39, 0.29) is 9.22 Å². The van der Waals surface area contributed by atoms with Crippen LogP contribution in [0.2, 0.25) is 5.02 Å². The molecule has 0 amide bonds. The fraction of sp³-hybridized carbons (Fsp3) is 0.150. The van der Waals surface area contributed by atoms with Crippen LogP contribution in [-0.4, -0.2) is 32.6 Å². The van der Waals surface area contributed by atoms with Crippen LogP contribution in [0.5, 0.6) is 0 Å². The molecule has 150 valence electrons. The Kier molecular flexibility index (Phi) is 4.60. The van der Waals surface area contributed by atoms with Crippen molar-refractivity contribution in [1.29, 1.82) is 0 Å². The molecule has 0 unspecified atom stereocenters. The van der Waals surface area contributed by atoms with Gasteiger partial charge >= 0.3 is 10.1 Å². The molecular formula is C20H13ClN4O3S2. The van der Waals surface area contributed by atoms with Gasteiger partial charge in [-0.05, 0) is 37.0 Å². The van der Waals surface area contributed by atoms with E-state index in [4.69, 9.17) is 21.1 Å². The molecule has 1 N–H and O–H groups in total. The van der Waals surface area contributed by atoms with Crippen molar-refractivity contribution in [2.75, 3.05) is 0 Å². The first-order valence-corrected chi connectivity index (χ1v) is 11.6. The van der Waals surface area contributed by atoms with Crippen LogP contribution in [0.15, 0.2) is 46.9 Å². The van der Waals surface area contributed by atoms with E-state index in [0.29, 0.717) is 22.2 Å². The van der Waals surface area contributed by atoms with Gasteiger partial charge in [0.1, 0.15) is 0 Å². The third kappa shape index (κ3) is 3.70. The van der Waals surface area contributed by atoms with Crippen LogP contribution >= 0.6 is 22.9 Å². The lowest BCUT2D eigenvalue weighted by Crippen LogP contribution is -2.01. The third-order valence-electron chi connectivity index (χ3n) is 4.68. The maximum atomic E-state index is 11.2. The van der Waals surface area contributed by atoms with Crippen LogP contribution in [0, 0.1) is 11.8 Å². The first kappa shape index (κ1) is 19.2. The third-order valence-corrected chi connectivity index (χ3v) is 7.13. The van der Waals surface area contributed by atoms with E-state index in [0.717, 1.165) is 47.3 Å². The Hall–Kier alpha value is -2.77. The van der Waals surface area contributed by atoms with Gasteiger partial charge in [-0.3, -0.25) is 4.55 Å². The first-order chi connectivity index (χ1) is 14.4. The number of thiazole rings is 1. The fourth-order valence-electron chi connectivity index (χ4n) is 3.07. The molecule has 1 aliphatic carbocycles. The highest BCUT2D eigenvalue weighted by atomic mass is 35.5. The molecule has 10 heteroatoms. The van der Waals surface area contributed by atoms with Crippen molar-refractivity contribution in [2.45, 2.75) is 23.0 Å². The minimum absolute atomic E-state index is 0.245. The molecule has 0 atom stereocenters. The lowest BCUT2D eigenvalue weighted by molar-refractivity contribution is 0.485. The average Bonchev–Trinajstić information content (AvgIpc) is 3.29. The summed E-state index contributed by atoms with van der Waals surface area (Å²) in [5, 5.41) is 5.40. The minimum atomic E-state index is -4.29. The number of hydrogen-bond donors (Lipinski definition) is 1. The SMILES string of the molecule is O=S(=O)(O)c1cnc(C#Cc2cnn3c(C4CC4)cc(-c4ccc(Cl)cc4)nc23)s1. The maximum Gasteiger partial charge on any atom is 0.305 e. The summed E-state index contributed by atoms with van der Waals surface area (Å²) in [7, 11) is -4.29. The lowest BCUT2D eigenvalue weighted by atomic mass is 10.1. The molecule has 0 spiro atoms. The van der Waals surface area contributed by atoms with Crippen molar-refractivity contribution in [3.05, 3.63) is 64.0 Å². The maximum absolute atomic E-state index is 11.2. The zero-order valence-corrected chi connectivity index (χ0v) is 17.7. The van der Waals surface area contributed by atoms with Crippen LogP contribution in [-0.2, 0) is 10.1 Å². The molecule has 3 heterocycles. The molecular weight excluding hydrogens is 444 g/mol. The normalized spacial score (nSPS) is 13.9. The Balaban J connectivity index is 1.60. The van der Waals surface area contributed by atoms with Gasteiger partial charge in [0.15, 0.2) is 14.9 Å². The van der Waals surface area contributed by atoms with Gasteiger partial charge in [0.2, 0.25) is 0 Å². The number of benzene rings is 1. The van der Waals surface area contributed by atoms with Crippen LogP contribution < -0.4 is 0 Å². The van der Waals surface area contributed by atoms with Crippen molar-refractivity contribution in [1.82, 2.24) is 19.6 Å². The number of hydrogen-bond acceptors (Lipinski definition) is 6. The summed E-state index contributed by atoms with van der Waals surface area (Å²) in [5.74, 6) is 6.25. The second-order valence-corrected chi connectivity index (χ2v) is 9.97. The number of halogens is 1. The molecule has 0 aliphatic heterocycles. The summed E-state index contributed by atoms with van der Waals surface area (Å²) in [6.07, 6.45) is 4.95. The molecule has 0 saturated heterocycles. The minimum Gasteiger partial charge on any atom is -0.281 e. The Labute approximate surface area is 181 Å². The summed E-state index contributed by atoms with van der Waals surface area (Å²) in [6, 6.07) is 9.55. The summed E-state index contributed by atoms with van der Waals surface area (Å²) in [5.41, 5.74) is 4.08. The van der Waals surface area contributed by atoms with Gasteiger partial charge in [0.25, 0.3) is 0 Å². The molecule has 30 heavy (non-hydrogen) atoms. The molecule has 1 aromatic carbocycles. The zero-order valence-electron chi connectivity index (χ0n) is 15.3. The van der Waals surface area contributed by atoms with E-state index in [1.54, 1.807) is 6.20 Å². The van der Waals surface area contributed by atoms with Crippen molar-refractivity contribution in [3.63, 3.8) is 0 Å². The van der Waals surface area contributed by atoms with E-state index >= 15 is 0 Å². The second-order valence-electron chi connectivity index (χ2n) is 6.85. The first-order valence-electron chi connectivity index (χ1n) is 8.98. The van der Waals surface area contributed by atoms with Crippen molar-refractivity contribution < 1.29 is 13.0 Å². The Morgan fingerprint density at radius 2 is 1.93 bits per heavy atom. The van der Waals surface area contributed by atoms with Gasteiger partial charge in [0, 0.05) is 22.2 Å². The number of rotatable bonds is 3. The summed E-state index contributed by atoms with van der Waals surface area (Å²) < 4.78 is 33.1. The van der Waals surface area contributed by atoms with Gasteiger partial charge in [-0.25, -0.2) is 14.5 Å². The molecule has 0 radical (unpaired) electrons. The lowest BCUT2D eigenvalue weighted by Gasteiger charge is -2.08. The van der Waals surface area contributed by atoms with E-state index in [9.17, 15) is 8.42 Å². The second kappa shape index (κ2) is 7.18. The van der Waals surface area contributed by atoms with Crippen molar-refractivity contribution in [3.8, 4) is 23.1 Å². The number of nitrogens with zero attached hydrogens (tertiary/aromatic N) is 4. The van der Waals surface area contributed by atoms with E-state index in [1.807, 2.05) is 28.8 Å². The highest BCUT2D eigenvalue weighted by Crippen LogP contribution is 2.41. The van der Waals surface area contributed by atoms with Gasteiger partial charge in [-0.1, -0.05) is 41.0 Å². The molecule has 5 rings (SSSR count). The largest absolute Gasteiger partial charge is 0.305 e. The summed E-state index contributed by atoms with van der Waals surface area (Å²) in [6.45, 7) is 0. The molecule has 1 aliphatic rings. The molecule has 1 saturated carbocycles. The van der Waals surface area contributed by atoms with Crippen LogP contribution in [0.3, 0.4) is 0 Å². The van der Waals surface area contributed by atoms with E-state index in [1.165, 1.54) is 0 Å². The monoisotopic (exact) mass is 456 g/mol. The molecule has 3 aromatic heterocycles. The smallest absolute Gasteiger partial charge is 0.281 e. The fourth-order valence-corrected chi connectivity index (χ4v) is 4.54. The number of aromatic nitrogens is 4. The van der Waals surface area contributed by atoms with Gasteiger partial charge in [-0.2, -0.15) is 13.5 Å². The predicted molar refractivity (Wildman–Crippen MR) is 113 cm³/mol. The van der Waals surface area contributed by atoms with Crippen molar-refractivity contribution in [2.24, 2.45) is 0 Å². The molecule has 1 fully saturated rings. The summed E-state index contributed by atoms with van der Waals surface area (Å²) in [4.78, 5) is 8.70. The quantitative estimate of drug-likeness (QED) is 0.369. The highest BCUT2D eigenvalue weighted by Gasteiger charge is 2.28. The van der Waals surface area contributed by atoms with Gasteiger partial charge in [0.05, 0.1) is 23.7 Å². The van der Waals surface area contributed by atoms with Gasteiger partial charge < -0.3 is 0 Å². The Morgan fingerprint density at radius 3 is 2.60 bits per heavy atom. The standard InChI is InChI=1S/C20H13ClN4O3S2/c21-15-6-3-12(4-7-15)16-9-17(13-1-2-13)25-20(24-16)14(10-23-25)5-8-18-22-11-19(29-18)30(26,27)28/h3-4,6-7,9-11,13H,1-2H2,(H,26,27,28). The van der Waals surface area contributed by atoms with E-state index in [2.05, 4.69) is 28.0 Å². The molecule has 0 bridgehead atoms. The van der Waals surface area contributed by atoms with Crippen molar-refractivity contribution >= 4 is 38.7 Å².